The molecule has 0 bridgehead atoms. The number of nitrogens with zero attached hydrogens (tertiary/aromatic N) is 2. The number of carbonyl (C=O) groups is 1. The molecule has 37 heavy (non-hydrogen) atoms. The minimum atomic E-state index is -3.02. The van der Waals surface area contributed by atoms with Crippen molar-refractivity contribution in [2.45, 2.75) is 69.5 Å². The summed E-state index contributed by atoms with van der Waals surface area (Å²) in [5, 5.41) is 5.82. The second-order valence-electron chi connectivity index (χ2n) is 10.0. The highest BCUT2D eigenvalue weighted by Gasteiger charge is 2.48. The smallest absolute Gasteiger partial charge is 0.266 e. The molecule has 1 saturated carbocycles. The van der Waals surface area contributed by atoms with E-state index >= 15 is 0 Å². The summed E-state index contributed by atoms with van der Waals surface area (Å²) < 4.78 is 70.0. The van der Waals surface area contributed by atoms with Crippen LogP contribution in [0.15, 0.2) is 35.3 Å². The average molecular weight is 527 g/mol. The quantitative estimate of drug-likeness (QED) is 0.472. The van der Waals surface area contributed by atoms with Gasteiger partial charge in [-0.25, -0.2) is 22.0 Å². The van der Waals surface area contributed by atoms with Gasteiger partial charge in [0.15, 0.2) is 0 Å². The summed E-state index contributed by atoms with van der Waals surface area (Å²) in [5.74, 6) is -1.85. The summed E-state index contributed by atoms with van der Waals surface area (Å²) in [5.41, 5.74) is -3.07. The maximum Gasteiger partial charge on any atom is 0.266 e. The lowest BCUT2D eigenvalue weighted by molar-refractivity contribution is -0.0504. The number of pyridine rings is 1. The van der Waals surface area contributed by atoms with Crippen LogP contribution in [0.1, 0.15) is 73.0 Å². The summed E-state index contributed by atoms with van der Waals surface area (Å²) in [6, 6.07) is 3.67. The van der Waals surface area contributed by atoms with Gasteiger partial charge in [-0.2, -0.15) is 0 Å². The zero-order valence-corrected chi connectivity index (χ0v) is 20.7. The first-order valence-corrected chi connectivity index (χ1v) is 12.4. The van der Waals surface area contributed by atoms with Crippen LogP contribution in [0.3, 0.4) is 0 Å². The second-order valence-corrected chi connectivity index (χ2v) is 10.0. The maximum absolute atomic E-state index is 14.7. The van der Waals surface area contributed by atoms with Crippen molar-refractivity contribution in [2.75, 3.05) is 25.5 Å². The minimum absolute atomic E-state index is 0.0386. The lowest BCUT2D eigenvalue weighted by Gasteiger charge is -2.42. The van der Waals surface area contributed by atoms with Gasteiger partial charge < -0.3 is 20.1 Å². The minimum Gasteiger partial charge on any atom is -0.381 e. The van der Waals surface area contributed by atoms with Crippen molar-refractivity contribution < 1.29 is 26.7 Å². The molecule has 1 atom stereocenters. The Bertz CT molecular complexity index is 1190. The molecule has 2 aromatic rings. The van der Waals surface area contributed by atoms with Gasteiger partial charge in [-0.3, -0.25) is 9.59 Å². The number of likely N-dealkylation sites (tertiary alicyclic amines) is 1. The molecule has 202 valence electrons. The zero-order chi connectivity index (χ0) is 26.9. The molecule has 11 heteroatoms. The normalized spacial score (nSPS) is 19.1. The molecule has 1 aliphatic carbocycles. The van der Waals surface area contributed by atoms with E-state index in [0.717, 1.165) is 42.8 Å². The van der Waals surface area contributed by atoms with Gasteiger partial charge in [0.1, 0.15) is 11.4 Å². The third-order valence-electron chi connectivity index (χ3n) is 7.59. The van der Waals surface area contributed by atoms with Gasteiger partial charge in [-0.05, 0) is 59.2 Å². The molecule has 6 nitrogen and oxygen atoms in total. The van der Waals surface area contributed by atoms with E-state index in [1.165, 1.54) is 25.1 Å². The standard InChI is InChI=1S/C26H31F5N4O2/c1-15(17-5-3-6-18(22(17)27)23(28)29)32-24(37)19-14-35(26(25(30)31)9-4-10-26)21(36)13-20(19)33-16-7-11-34(2)12-8-16/h3,5-6,13-16,23,25,33H,4,7-12H2,1-2H3,(H,32,37)/t15-/m1/s1. The van der Waals surface area contributed by atoms with Crippen LogP contribution in [0.25, 0.3) is 0 Å². The van der Waals surface area contributed by atoms with Crippen LogP contribution in [0.2, 0.25) is 0 Å². The first kappa shape index (κ1) is 27.1. The number of carbonyl (C=O) groups excluding carboxylic acids is 1. The number of alkyl halides is 4. The molecule has 0 radical (unpaired) electrons. The van der Waals surface area contributed by atoms with Gasteiger partial charge in [0.05, 0.1) is 22.9 Å². The molecule has 1 saturated heterocycles. The maximum atomic E-state index is 14.7. The summed E-state index contributed by atoms with van der Waals surface area (Å²) in [6.07, 6.45) is -2.42. The van der Waals surface area contributed by atoms with Crippen LogP contribution < -0.4 is 16.2 Å². The summed E-state index contributed by atoms with van der Waals surface area (Å²) in [4.78, 5) is 28.5. The number of halogens is 5. The third kappa shape index (κ3) is 5.37. The van der Waals surface area contributed by atoms with Crippen LogP contribution in [-0.4, -0.2) is 48.0 Å². The lowest BCUT2D eigenvalue weighted by atomic mass is 9.76. The van der Waals surface area contributed by atoms with E-state index in [4.69, 9.17) is 0 Å². The molecule has 1 amide bonds. The monoisotopic (exact) mass is 526 g/mol. The highest BCUT2D eigenvalue weighted by Crippen LogP contribution is 2.43. The number of aromatic nitrogens is 1. The van der Waals surface area contributed by atoms with Gasteiger partial charge in [0, 0.05) is 23.9 Å². The first-order chi connectivity index (χ1) is 17.5. The van der Waals surface area contributed by atoms with Crippen molar-refractivity contribution in [3.8, 4) is 0 Å². The van der Waals surface area contributed by atoms with Crippen molar-refractivity contribution in [3.05, 3.63) is 63.3 Å². The fourth-order valence-electron chi connectivity index (χ4n) is 5.08. The Labute approximate surface area is 211 Å². The van der Waals surface area contributed by atoms with Gasteiger partial charge in [-0.15, -0.1) is 0 Å². The highest BCUT2D eigenvalue weighted by atomic mass is 19.3. The van der Waals surface area contributed by atoms with Crippen LogP contribution in [-0.2, 0) is 5.54 Å². The van der Waals surface area contributed by atoms with Crippen LogP contribution >= 0.6 is 0 Å². The van der Waals surface area contributed by atoms with Crippen molar-refractivity contribution in [1.29, 1.82) is 0 Å². The Balaban J connectivity index is 1.68. The predicted octanol–water partition coefficient (Wildman–Crippen LogP) is 5.07. The van der Waals surface area contributed by atoms with E-state index in [0.29, 0.717) is 6.42 Å². The zero-order valence-electron chi connectivity index (χ0n) is 20.7. The highest BCUT2D eigenvalue weighted by molar-refractivity contribution is 5.99. The van der Waals surface area contributed by atoms with Crippen LogP contribution in [0.4, 0.5) is 27.6 Å². The van der Waals surface area contributed by atoms with Gasteiger partial charge in [0.2, 0.25) is 0 Å². The molecule has 2 heterocycles. The van der Waals surface area contributed by atoms with Crippen LogP contribution in [0, 0.1) is 5.82 Å². The molecule has 1 aliphatic heterocycles. The topological polar surface area (TPSA) is 66.4 Å². The van der Waals surface area contributed by atoms with E-state index in [1.807, 2.05) is 7.05 Å². The summed E-state index contributed by atoms with van der Waals surface area (Å²) in [6.45, 7) is 3.06. The number of nitrogens with one attached hydrogen (secondary N) is 2. The summed E-state index contributed by atoms with van der Waals surface area (Å²) in [7, 11) is 1.99. The second kappa shape index (κ2) is 10.8. The molecule has 1 aromatic carbocycles. The molecule has 2 aliphatic rings. The Kier molecular flexibility index (Phi) is 7.91. The fraction of sp³-hybridized carbons (Fsp3) is 0.538. The lowest BCUT2D eigenvalue weighted by Crippen LogP contribution is -2.52. The van der Waals surface area contributed by atoms with E-state index < -0.39 is 47.3 Å². The molecule has 2 N–H and O–H groups in total. The predicted molar refractivity (Wildman–Crippen MR) is 130 cm³/mol. The van der Waals surface area contributed by atoms with Crippen LogP contribution in [0.5, 0.6) is 0 Å². The van der Waals surface area contributed by atoms with Gasteiger partial charge >= 0.3 is 0 Å². The number of hydrogen-bond donors (Lipinski definition) is 2. The molecule has 4 rings (SSSR count). The molecule has 1 aromatic heterocycles. The van der Waals surface area contributed by atoms with Gasteiger partial charge in [0.25, 0.3) is 24.3 Å². The largest absolute Gasteiger partial charge is 0.381 e. The Morgan fingerprint density at radius 2 is 1.76 bits per heavy atom. The average Bonchev–Trinajstić information content (AvgIpc) is 2.80. The Morgan fingerprint density at radius 3 is 2.32 bits per heavy atom. The summed E-state index contributed by atoms with van der Waals surface area (Å²) >= 11 is 0. The fourth-order valence-corrected chi connectivity index (χ4v) is 5.08. The van der Waals surface area contributed by atoms with E-state index in [9.17, 15) is 31.5 Å². The van der Waals surface area contributed by atoms with Crippen molar-refractivity contribution >= 4 is 11.6 Å². The van der Waals surface area contributed by atoms with E-state index in [1.54, 1.807) is 0 Å². The number of rotatable bonds is 8. The van der Waals surface area contributed by atoms with Gasteiger partial charge in [-0.1, -0.05) is 18.2 Å². The molecular formula is C26H31F5N4O2. The number of amides is 1. The van der Waals surface area contributed by atoms with Crippen molar-refractivity contribution in [2.24, 2.45) is 0 Å². The number of benzene rings is 1. The third-order valence-corrected chi connectivity index (χ3v) is 7.59. The molecule has 0 unspecified atom stereocenters. The van der Waals surface area contributed by atoms with Crippen molar-refractivity contribution in [1.82, 2.24) is 14.8 Å². The molecule has 2 fully saturated rings. The van der Waals surface area contributed by atoms with Crippen molar-refractivity contribution in [3.63, 3.8) is 0 Å². The van der Waals surface area contributed by atoms with E-state index in [-0.39, 0.29) is 35.7 Å². The number of anilines is 1. The number of piperidine rings is 1. The number of hydrogen-bond acceptors (Lipinski definition) is 4. The first-order valence-electron chi connectivity index (χ1n) is 12.4. The van der Waals surface area contributed by atoms with E-state index in [2.05, 4.69) is 15.5 Å². The SMILES string of the molecule is C[C@@H](NC(=O)c1cn(C2(C(F)F)CCC2)c(=O)cc1NC1CCN(C)CC1)c1cccc(C(F)F)c1F. The Morgan fingerprint density at radius 1 is 1.11 bits per heavy atom. The Hall–Kier alpha value is -2.95. The molecule has 0 spiro atoms. The molecular weight excluding hydrogens is 495 g/mol.